The summed E-state index contributed by atoms with van der Waals surface area (Å²) in [5, 5.41) is 0. The molecule has 0 aliphatic rings. The van der Waals surface area contributed by atoms with Crippen LogP contribution in [0.1, 0.15) is 22.3 Å². The fourth-order valence-corrected chi connectivity index (χ4v) is 2.43. The van der Waals surface area contributed by atoms with Crippen LogP contribution in [-0.4, -0.2) is 0 Å². The fourth-order valence-electron chi connectivity index (χ4n) is 1.81. The Labute approximate surface area is 117 Å². The molecule has 2 heteroatoms. The van der Waals surface area contributed by atoms with Crippen LogP contribution in [0, 0.1) is 6.92 Å². The Bertz CT molecular complexity index is 503. The van der Waals surface area contributed by atoms with Crippen LogP contribution in [0.2, 0.25) is 0 Å². The van der Waals surface area contributed by atoms with Crippen molar-refractivity contribution >= 4 is 28.6 Å². The summed E-state index contributed by atoms with van der Waals surface area (Å²) in [6.07, 6.45) is 0.984. The van der Waals surface area contributed by atoms with Crippen LogP contribution < -0.4 is 0 Å². The maximum absolute atomic E-state index is 4.27. The van der Waals surface area contributed by atoms with Gasteiger partial charge in [0, 0.05) is 10.2 Å². The van der Waals surface area contributed by atoms with E-state index in [0.717, 1.165) is 16.6 Å². The van der Waals surface area contributed by atoms with Crippen molar-refractivity contribution in [1.82, 2.24) is 0 Å². The molecule has 0 unspecified atom stereocenters. The summed E-state index contributed by atoms with van der Waals surface area (Å²) in [4.78, 5) is 0. The van der Waals surface area contributed by atoms with Gasteiger partial charge in [-0.25, -0.2) is 0 Å². The molecule has 0 fully saturated rings. The van der Waals surface area contributed by atoms with E-state index < -0.39 is 0 Å². The molecule has 2 aromatic rings. The molecule has 17 heavy (non-hydrogen) atoms. The Morgan fingerprint density at radius 3 is 2.29 bits per heavy atom. The lowest BCUT2D eigenvalue weighted by Gasteiger charge is -2.07. The van der Waals surface area contributed by atoms with Crippen molar-refractivity contribution in [3.8, 4) is 0 Å². The lowest BCUT2D eigenvalue weighted by Crippen LogP contribution is -1.92. The van der Waals surface area contributed by atoms with E-state index in [0.29, 0.717) is 0 Å². The first-order valence-corrected chi connectivity index (χ1v) is 7.05. The third kappa shape index (κ3) is 3.36. The topological polar surface area (TPSA) is 0 Å². The largest absolute Gasteiger partial charge is 0.175 e. The second kappa shape index (κ2) is 5.74. The summed E-state index contributed by atoms with van der Waals surface area (Å²) in [5.41, 5.74) is 5.32. The zero-order valence-electron chi connectivity index (χ0n) is 9.78. The number of halogens is 1. The van der Waals surface area contributed by atoms with E-state index in [-0.39, 0.29) is 0 Å². The first-order valence-electron chi connectivity index (χ1n) is 5.63. The van der Waals surface area contributed by atoms with Crippen molar-refractivity contribution in [2.45, 2.75) is 19.1 Å². The molecule has 88 valence electrons. The van der Waals surface area contributed by atoms with Gasteiger partial charge in [-0.1, -0.05) is 46.3 Å². The highest BCUT2D eigenvalue weighted by molar-refractivity contribution is 9.10. The summed E-state index contributed by atoms with van der Waals surface area (Å²) in [5.74, 6) is 0.802. The van der Waals surface area contributed by atoms with Crippen LogP contribution in [0.25, 0.3) is 0 Å². The van der Waals surface area contributed by atoms with Crippen LogP contribution >= 0.6 is 28.6 Å². The van der Waals surface area contributed by atoms with E-state index in [4.69, 9.17) is 0 Å². The van der Waals surface area contributed by atoms with E-state index in [2.05, 4.69) is 77.9 Å². The molecule has 0 aliphatic heterocycles. The molecule has 0 nitrogen and oxygen atoms in total. The van der Waals surface area contributed by atoms with Gasteiger partial charge < -0.3 is 0 Å². The van der Waals surface area contributed by atoms with Crippen LogP contribution in [0.3, 0.4) is 0 Å². The minimum atomic E-state index is 0.802. The molecule has 0 radical (unpaired) electrons. The number of hydrogen-bond donors (Lipinski definition) is 1. The van der Waals surface area contributed by atoms with E-state index in [1.165, 1.54) is 22.3 Å². The Morgan fingerprint density at radius 1 is 1.00 bits per heavy atom. The van der Waals surface area contributed by atoms with Gasteiger partial charge in [0.2, 0.25) is 0 Å². The van der Waals surface area contributed by atoms with Gasteiger partial charge in [-0.2, -0.15) is 12.6 Å². The molecule has 0 N–H and O–H groups in total. The minimum Gasteiger partial charge on any atom is -0.175 e. The van der Waals surface area contributed by atoms with Crippen molar-refractivity contribution in [1.29, 1.82) is 0 Å². The standard InChI is InChI=1S/C15H15BrS/c1-11-2-7-15(16)9-14(11)8-12-3-5-13(10-17)6-4-12/h2-7,9,17H,8,10H2,1H3. The summed E-state index contributed by atoms with van der Waals surface area (Å²) < 4.78 is 1.14. The monoisotopic (exact) mass is 306 g/mol. The average Bonchev–Trinajstić information content (AvgIpc) is 2.35. The highest BCUT2D eigenvalue weighted by Gasteiger charge is 2.01. The molecule has 0 aliphatic carbocycles. The van der Waals surface area contributed by atoms with Crippen LogP contribution in [-0.2, 0) is 12.2 Å². The molecule has 0 saturated heterocycles. The lowest BCUT2D eigenvalue weighted by molar-refractivity contribution is 1.15. The number of thiol groups is 1. The van der Waals surface area contributed by atoms with Crippen molar-refractivity contribution in [3.63, 3.8) is 0 Å². The summed E-state index contributed by atoms with van der Waals surface area (Å²) in [7, 11) is 0. The van der Waals surface area contributed by atoms with Crippen molar-refractivity contribution in [2.24, 2.45) is 0 Å². The van der Waals surface area contributed by atoms with E-state index >= 15 is 0 Å². The number of benzene rings is 2. The highest BCUT2D eigenvalue weighted by atomic mass is 79.9. The van der Waals surface area contributed by atoms with Gasteiger partial charge in [-0.15, -0.1) is 0 Å². The molecule has 0 atom stereocenters. The zero-order chi connectivity index (χ0) is 12.3. The molecule has 2 rings (SSSR count). The summed E-state index contributed by atoms with van der Waals surface area (Å²) in [6, 6.07) is 15.1. The van der Waals surface area contributed by atoms with Gasteiger partial charge in [0.05, 0.1) is 0 Å². The molecule has 0 saturated carbocycles. The molecule has 0 bridgehead atoms. The van der Waals surface area contributed by atoms with Gasteiger partial charge in [-0.05, 0) is 47.7 Å². The Kier molecular flexibility index (Phi) is 4.30. The highest BCUT2D eigenvalue weighted by Crippen LogP contribution is 2.19. The minimum absolute atomic E-state index is 0.802. The quantitative estimate of drug-likeness (QED) is 0.775. The average molecular weight is 307 g/mol. The third-order valence-electron chi connectivity index (χ3n) is 2.91. The van der Waals surface area contributed by atoms with Crippen molar-refractivity contribution in [2.75, 3.05) is 0 Å². The maximum atomic E-state index is 4.27. The molecule has 0 amide bonds. The smallest absolute Gasteiger partial charge is 0.0178 e. The van der Waals surface area contributed by atoms with Gasteiger partial charge in [0.25, 0.3) is 0 Å². The predicted molar refractivity (Wildman–Crippen MR) is 80.8 cm³/mol. The van der Waals surface area contributed by atoms with E-state index in [1.54, 1.807) is 0 Å². The predicted octanol–water partition coefficient (Wildman–Crippen LogP) is 4.78. The number of aryl methyl sites for hydroxylation is 1. The molecule has 0 spiro atoms. The van der Waals surface area contributed by atoms with E-state index in [1.807, 2.05) is 0 Å². The summed E-state index contributed by atoms with van der Waals surface area (Å²) >= 11 is 7.79. The molecule has 0 aromatic heterocycles. The van der Waals surface area contributed by atoms with Crippen LogP contribution in [0.4, 0.5) is 0 Å². The first kappa shape index (κ1) is 12.7. The van der Waals surface area contributed by atoms with Crippen molar-refractivity contribution < 1.29 is 0 Å². The summed E-state index contributed by atoms with van der Waals surface area (Å²) in [6.45, 7) is 2.16. The van der Waals surface area contributed by atoms with E-state index in [9.17, 15) is 0 Å². The van der Waals surface area contributed by atoms with Gasteiger partial charge in [0.15, 0.2) is 0 Å². The first-order chi connectivity index (χ1) is 8.19. The number of hydrogen-bond acceptors (Lipinski definition) is 1. The van der Waals surface area contributed by atoms with Gasteiger partial charge >= 0.3 is 0 Å². The molecule has 2 aromatic carbocycles. The number of rotatable bonds is 3. The SMILES string of the molecule is Cc1ccc(Br)cc1Cc1ccc(CS)cc1. The Morgan fingerprint density at radius 2 is 1.65 bits per heavy atom. The fraction of sp³-hybridized carbons (Fsp3) is 0.200. The second-order valence-corrected chi connectivity index (χ2v) is 5.45. The lowest BCUT2D eigenvalue weighted by atomic mass is 10.00. The third-order valence-corrected chi connectivity index (χ3v) is 3.77. The molecule has 0 heterocycles. The normalized spacial score (nSPS) is 10.5. The van der Waals surface area contributed by atoms with Crippen LogP contribution in [0.15, 0.2) is 46.9 Å². The van der Waals surface area contributed by atoms with Gasteiger partial charge in [-0.3, -0.25) is 0 Å². The maximum Gasteiger partial charge on any atom is 0.0178 e. The zero-order valence-corrected chi connectivity index (χ0v) is 12.3. The molecular formula is C15H15BrS. The molecular weight excluding hydrogens is 292 g/mol. The van der Waals surface area contributed by atoms with Crippen LogP contribution in [0.5, 0.6) is 0 Å². The Balaban J connectivity index is 2.22. The Hall–Kier alpha value is -0.730. The van der Waals surface area contributed by atoms with Gasteiger partial charge in [0.1, 0.15) is 0 Å². The van der Waals surface area contributed by atoms with Crippen molar-refractivity contribution in [3.05, 3.63) is 69.2 Å². The second-order valence-electron chi connectivity index (χ2n) is 4.22.